The lowest BCUT2D eigenvalue weighted by atomic mass is 9.97. The Bertz CT molecular complexity index is 423. The molecule has 1 aliphatic carbocycles. The monoisotopic (exact) mass is 267 g/mol. The molecule has 1 aromatic heterocycles. The Kier molecular flexibility index (Phi) is 4.68. The molecule has 0 saturated heterocycles. The summed E-state index contributed by atoms with van der Waals surface area (Å²) in [5.74, 6) is 0.0201. The summed E-state index contributed by atoms with van der Waals surface area (Å²) in [6.45, 7) is 0.741. The van der Waals surface area contributed by atoms with Crippen LogP contribution in [0.1, 0.15) is 41.8 Å². The highest BCUT2D eigenvalue weighted by atomic mass is 32.1. The van der Waals surface area contributed by atoms with Crippen LogP contribution in [0.4, 0.5) is 0 Å². The first-order chi connectivity index (χ1) is 8.25. The number of nitrogens with one attached hydrogen (secondary N) is 1. The summed E-state index contributed by atoms with van der Waals surface area (Å²) in [5.41, 5.74) is 1.50. The van der Waals surface area contributed by atoms with E-state index in [2.05, 4.69) is 24.0 Å². The van der Waals surface area contributed by atoms with Crippen molar-refractivity contribution in [3.63, 3.8) is 0 Å². The van der Waals surface area contributed by atoms with E-state index in [-0.39, 0.29) is 5.91 Å². The highest BCUT2D eigenvalue weighted by Gasteiger charge is 2.08. The molecule has 0 atom stereocenters. The fraction of sp³-hybridized carbons (Fsp3) is 0.462. The summed E-state index contributed by atoms with van der Waals surface area (Å²) in [7, 11) is 0. The van der Waals surface area contributed by atoms with Crippen molar-refractivity contribution in [2.45, 2.75) is 37.0 Å². The van der Waals surface area contributed by atoms with E-state index in [4.69, 9.17) is 0 Å². The number of amides is 1. The number of carbonyl (C=O) groups is 1. The van der Waals surface area contributed by atoms with E-state index in [0.717, 1.165) is 22.7 Å². The first-order valence-electron chi connectivity index (χ1n) is 5.99. The van der Waals surface area contributed by atoms with E-state index in [1.165, 1.54) is 42.6 Å². The van der Waals surface area contributed by atoms with Crippen LogP contribution >= 0.6 is 24.0 Å². The maximum absolute atomic E-state index is 11.7. The number of hydrogen-bond donors (Lipinski definition) is 2. The molecule has 0 bridgehead atoms. The largest absolute Gasteiger partial charge is 0.351 e. The molecule has 2 rings (SSSR count). The molecule has 0 aliphatic heterocycles. The van der Waals surface area contributed by atoms with Crippen LogP contribution in [0.5, 0.6) is 0 Å². The van der Waals surface area contributed by atoms with E-state index in [9.17, 15) is 4.79 Å². The third-order valence-electron chi connectivity index (χ3n) is 2.93. The zero-order chi connectivity index (χ0) is 12.1. The first-order valence-corrected chi connectivity index (χ1v) is 7.32. The molecule has 0 spiro atoms. The Morgan fingerprint density at radius 1 is 1.47 bits per heavy atom. The molecule has 1 aromatic rings. The SMILES string of the molecule is O=C(NCCC1=CCCCC1)c1cc(S)cs1. The highest BCUT2D eigenvalue weighted by molar-refractivity contribution is 7.80. The fourth-order valence-corrected chi connectivity index (χ4v) is 3.07. The van der Waals surface area contributed by atoms with Gasteiger partial charge in [-0.25, -0.2) is 0 Å². The Balaban J connectivity index is 1.75. The summed E-state index contributed by atoms with van der Waals surface area (Å²) < 4.78 is 0. The molecule has 4 heteroatoms. The quantitative estimate of drug-likeness (QED) is 0.632. The Labute approximate surface area is 112 Å². The standard InChI is InChI=1S/C13H17NOS2/c15-13(12-8-11(16)9-17-12)14-7-6-10-4-2-1-3-5-10/h4,8-9,16H,1-3,5-7H2,(H,14,15). The van der Waals surface area contributed by atoms with Gasteiger partial charge in [0.25, 0.3) is 5.91 Å². The van der Waals surface area contributed by atoms with Gasteiger partial charge < -0.3 is 5.32 Å². The zero-order valence-corrected chi connectivity index (χ0v) is 11.4. The van der Waals surface area contributed by atoms with Crippen LogP contribution in [0.2, 0.25) is 0 Å². The number of rotatable bonds is 4. The number of thiol groups is 1. The predicted octanol–water partition coefficient (Wildman–Crippen LogP) is 3.66. The van der Waals surface area contributed by atoms with Gasteiger partial charge in [-0.15, -0.1) is 24.0 Å². The van der Waals surface area contributed by atoms with Crippen LogP contribution in [-0.4, -0.2) is 12.5 Å². The highest BCUT2D eigenvalue weighted by Crippen LogP contribution is 2.20. The molecule has 1 N–H and O–H groups in total. The molecule has 1 amide bonds. The van der Waals surface area contributed by atoms with Gasteiger partial charge in [0, 0.05) is 16.8 Å². The lowest BCUT2D eigenvalue weighted by molar-refractivity contribution is 0.0958. The molecule has 0 radical (unpaired) electrons. The van der Waals surface area contributed by atoms with Gasteiger partial charge in [0.2, 0.25) is 0 Å². The summed E-state index contributed by atoms with van der Waals surface area (Å²) in [6, 6.07) is 1.81. The normalized spacial score (nSPS) is 15.5. The van der Waals surface area contributed by atoms with Gasteiger partial charge in [0.15, 0.2) is 0 Å². The van der Waals surface area contributed by atoms with Crippen LogP contribution in [-0.2, 0) is 0 Å². The molecule has 1 aliphatic rings. The second-order valence-corrected chi connectivity index (χ2v) is 5.71. The minimum absolute atomic E-state index is 0.0201. The molecular weight excluding hydrogens is 250 g/mol. The first kappa shape index (κ1) is 12.7. The van der Waals surface area contributed by atoms with Crippen LogP contribution in [0.15, 0.2) is 28.0 Å². The van der Waals surface area contributed by atoms with Gasteiger partial charge in [-0.05, 0) is 38.2 Å². The maximum Gasteiger partial charge on any atom is 0.261 e. The molecule has 0 saturated carbocycles. The van der Waals surface area contributed by atoms with Gasteiger partial charge in [-0.2, -0.15) is 0 Å². The smallest absolute Gasteiger partial charge is 0.261 e. The van der Waals surface area contributed by atoms with Crippen LogP contribution in [0.3, 0.4) is 0 Å². The van der Waals surface area contributed by atoms with Crippen LogP contribution in [0, 0.1) is 0 Å². The lowest BCUT2D eigenvalue weighted by Crippen LogP contribution is -2.24. The summed E-state index contributed by atoms with van der Waals surface area (Å²) in [5, 5.41) is 4.83. The zero-order valence-electron chi connectivity index (χ0n) is 9.74. The van der Waals surface area contributed by atoms with E-state index >= 15 is 0 Å². The minimum atomic E-state index is 0.0201. The minimum Gasteiger partial charge on any atom is -0.351 e. The van der Waals surface area contributed by atoms with E-state index < -0.39 is 0 Å². The van der Waals surface area contributed by atoms with Gasteiger partial charge in [0.1, 0.15) is 0 Å². The van der Waals surface area contributed by atoms with Crippen molar-refractivity contribution in [3.05, 3.63) is 28.0 Å². The molecule has 0 fully saturated rings. The molecule has 2 nitrogen and oxygen atoms in total. The number of thiophene rings is 1. The van der Waals surface area contributed by atoms with Crippen LogP contribution < -0.4 is 5.32 Å². The number of carbonyl (C=O) groups excluding carboxylic acids is 1. The van der Waals surface area contributed by atoms with Gasteiger partial charge in [0.05, 0.1) is 4.88 Å². The van der Waals surface area contributed by atoms with Crippen LogP contribution in [0.25, 0.3) is 0 Å². The third kappa shape index (κ3) is 3.89. The van der Waals surface area contributed by atoms with Crippen molar-refractivity contribution < 1.29 is 4.79 Å². The van der Waals surface area contributed by atoms with Crippen molar-refractivity contribution in [1.82, 2.24) is 5.32 Å². The Morgan fingerprint density at radius 2 is 2.35 bits per heavy atom. The van der Waals surface area contributed by atoms with Gasteiger partial charge in [-0.3, -0.25) is 4.79 Å². The molecule has 17 heavy (non-hydrogen) atoms. The fourth-order valence-electron chi connectivity index (χ4n) is 2.00. The van der Waals surface area contributed by atoms with Crippen molar-refractivity contribution in [2.75, 3.05) is 6.54 Å². The average Bonchev–Trinajstić information content (AvgIpc) is 2.77. The van der Waals surface area contributed by atoms with Gasteiger partial charge in [-0.1, -0.05) is 11.6 Å². The van der Waals surface area contributed by atoms with E-state index in [0.29, 0.717) is 0 Å². The van der Waals surface area contributed by atoms with Crippen molar-refractivity contribution in [2.24, 2.45) is 0 Å². The van der Waals surface area contributed by atoms with Crippen molar-refractivity contribution in [1.29, 1.82) is 0 Å². The number of hydrogen-bond acceptors (Lipinski definition) is 3. The maximum atomic E-state index is 11.7. The lowest BCUT2D eigenvalue weighted by Gasteiger charge is -2.12. The van der Waals surface area contributed by atoms with E-state index in [1.54, 1.807) is 0 Å². The predicted molar refractivity (Wildman–Crippen MR) is 75.1 cm³/mol. The second-order valence-electron chi connectivity index (χ2n) is 4.28. The second kappa shape index (κ2) is 6.26. The Morgan fingerprint density at radius 3 is 3.00 bits per heavy atom. The summed E-state index contributed by atoms with van der Waals surface area (Å²) in [4.78, 5) is 13.3. The molecule has 0 unspecified atom stereocenters. The Hall–Kier alpha value is -0.740. The van der Waals surface area contributed by atoms with E-state index in [1.807, 2.05) is 11.4 Å². The van der Waals surface area contributed by atoms with Crippen molar-refractivity contribution in [3.8, 4) is 0 Å². The molecular formula is C13H17NOS2. The third-order valence-corrected chi connectivity index (χ3v) is 4.29. The van der Waals surface area contributed by atoms with Gasteiger partial charge >= 0.3 is 0 Å². The summed E-state index contributed by atoms with van der Waals surface area (Å²) >= 11 is 5.64. The average molecular weight is 267 g/mol. The summed E-state index contributed by atoms with van der Waals surface area (Å²) in [6.07, 6.45) is 8.34. The topological polar surface area (TPSA) is 29.1 Å². The number of allylic oxidation sites excluding steroid dienone is 1. The molecule has 1 heterocycles. The van der Waals surface area contributed by atoms with Crippen molar-refractivity contribution >= 4 is 29.9 Å². The molecule has 92 valence electrons. The molecule has 0 aromatic carbocycles.